The molecule has 2 aliphatic rings. The number of nitrogens with two attached hydrogens (primary N) is 1. The number of para-hydroxylation sites is 1. The Bertz CT molecular complexity index is 2450. The first-order valence-electron chi connectivity index (χ1n) is 17.0. The van der Waals surface area contributed by atoms with Gasteiger partial charge in [-0.1, -0.05) is 23.5 Å². The Hall–Kier alpha value is -5.23. The molecule has 1 fully saturated rings. The lowest BCUT2D eigenvalue weighted by atomic mass is 9.94. The smallest absolute Gasteiger partial charge is 0.293 e. The van der Waals surface area contributed by atoms with E-state index in [1.807, 2.05) is 0 Å². The first-order chi connectivity index (χ1) is 25.5. The van der Waals surface area contributed by atoms with Crippen LogP contribution in [0.3, 0.4) is 0 Å². The molecule has 0 unspecified atom stereocenters. The van der Waals surface area contributed by atoms with E-state index in [1.165, 1.54) is 11.3 Å². The Labute approximate surface area is 307 Å². The van der Waals surface area contributed by atoms with Crippen molar-refractivity contribution in [2.24, 2.45) is 13.0 Å². The number of nitrogen functional groups attached to an aromatic ring is 1. The molecule has 2 aliphatic carbocycles. The molecule has 1 saturated carbocycles. The average molecular weight is 770 g/mol. The van der Waals surface area contributed by atoms with Crippen molar-refractivity contribution < 1.29 is 36.2 Å². The molecule has 0 bridgehead atoms. The molecule has 0 saturated heterocycles. The molecule has 18 heteroatoms. The van der Waals surface area contributed by atoms with Crippen LogP contribution in [0.5, 0.6) is 0 Å². The summed E-state index contributed by atoms with van der Waals surface area (Å²) in [6.45, 7) is 2.57. The summed E-state index contributed by atoms with van der Waals surface area (Å²) in [5, 5.41) is 25.3. The number of aromatic nitrogens is 6. The molecule has 2 aromatic carbocycles. The molecular formula is C36H33F6N9O2S. The summed E-state index contributed by atoms with van der Waals surface area (Å²) in [6.07, 6.45) is -3.30. The zero-order chi connectivity index (χ0) is 38.4. The highest BCUT2D eigenvalue weighted by Crippen LogP contribution is 2.68. The molecule has 4 heterocycles. The van der Waals surface area contributed by atoms with Gasteiger partial charge in [-0.3, -0.25) is 14.2 Å². The highest BCUT2D eigenvalue weighted by molar-refractivity contribution is 7.22. The van der Waals surface area contributed by atoms with Gasteiger partial charge in [-0.05, 0) is 62.4 Å². The van der Waals surface area contributed by atoms with Crippen molar-refractivity contribution in [1.29, 1.82) is 0 Å². The van der Waals surface area contributed by atoms with Gasteiger partial charge < -0.3 is 21.5 Å². The number of thiazole rings is 1. The molecule has 6 aromatic rings. The number of aryl methyl sites for hydroxylation is 1. The summed E-state index contributed by atoms with van der Waals surface area (Å²) in [7, 11) is 1.70. The van der Waals surface area contributed by atoms with Gasteiger partial charge in [0.05, 0.1) is 27.6 Å². The Morgan fingerprint density at radius 3 is 2.54 bits per heavy atom. The van der Waals surface area contributed by atoms with Gasteiger partial charge in [-0.25, -0.2) is 27.5 Å². The first-order valence-corrected chi connectivity index (χ1v) is 17.8. The minimum absolute atomic E-state index is 0.0570. The minimum atomic E-state index is -3.45. The van der Waals surface area contributed by atoms with E-state index in [0.717, 1.165) is 12.1 Å². The second-order valence-corrected chi connectivity index (χ2v) is 15.4. The number of rotatable bonds is 11. The average Bonchev–Trinajstić information content (AvgIpc) is 3.38. The van der Waals surface area contributed by atoms with Gasteiger partial charge in [0.2, 0.25) is 5.91 Å². The predicted octanol–water partition coefficient (Wildman–Crippen LogP) is 6.73. The number of hydrogen-bond acceptors (Lipinski definition) is 9. The second kappa shape index (κ2) is 12.7. The fourth-order valence-corrected chi connectivity index (χ4v) is 8.29. The van der Waals surface area contributed by atoms with E-state index < -0.39 is 71.3 Å². The number of aliphatic hydroxyl groups is 1. The van der Waals surface area contributed by atoms with Crippen molar-refractivity contribution in [3.05, 3.63) is 82.3 Å². The summed E-state index contributed by atoms with van der Waals surface area (Å²) in [6, 6.07) is 8.81. The van der Waals surface area contributed by atoms with Crippen LogP contribution in [-0.4, -0.2) is 52.7 Å². The number of anilines is 2. The van der Waals surface area contributed by atoms with Crippen LogP contribution in [0.4, 0.5) is 37.3 Å². The van der Waals surface area contributed by atoms with Gasteiger partial charge in [0, 0.05) is 47.7 Å². The molecule has 4 aromatic heterocycles. The van der Waals surface area contributed by atoms with Crippen LogP contribution < -0.4 is 16.4 Å². The molecule has 282 valence electrons. The number of carbonyl (C=O) groups excluding carboxylic acids is 1. The van der Waals surface area contributed by atoms with Crippen LogP contribution >= 0.6 is 11.3 Å². The lowest BCUT2D eigenvalue weighted by Gasteiger charge is -2.23. The van der Waals surface area contributed by atoms with E-state index in [0.29, 0.717) is 42.6 Å². The molecular weight excluding hydrogens is 737 g/mol. The number of alkyl halides is 4. The molecule has 8 rings (SSSR count). The Morgan fingerprint density at radius 2 is 1.83 bits per heavy atom. The topological polar surface area (TPSA) is 149 Å². The van der Waals surface area contributed by atoms with Crippen LogP contribution in [0.2, 0.25) is 0 Å². The zero-order valence-electron chi connectivity index (χ0n) is 29.0. The van der Waals surface area contributed by atoms with Crippen LogP contribution in [0.1, 0.15) is 66.9 Å². The number of benzene rings is 2. The minimum Gasteiger partial charge on any atom is -0.389 e. The first kappa shape index (κ1) is 35.8. The molecule has 54 heavy (non-hydrogen) atoms. The summed E-state index contributed by atoms with van der Waals surface area (Å²) >= 11 is 1.25. The summed E-state index contributed by atoms with van der Waals surface area (Å²) in [4.78, 5) is 23.4. The van der Waals surface area contributed by atoms with Gasteiger partial charge in [-0.2, -0.15) is 19.0 Å². The van der Waals surface area contributed by atoms with Crippen LogP contribution in [-0.2, 0) is 30.7 Å². The molecule has 0 aliphatic heterocycles. The zero-order valence-corrected chi connectivity index (χ0v) is 29.8. The van der Waals surface area contributed by atoms with E-state index in [9.17, 15) is 27.5 Å². The summed E-state index contributed by atoms with van der Waals surface area (Å²) < 4.78 is 90.6. The quantitative estimate of drug-likeness (QED) is 0.106. The highest BCUT2D eigenvalue weighted by Gasteiger charge is 2.67. The maximum atomic E-state index is 15.4. The second-order valence-electron chi connectivity index (χ2n) is 14.4. The SMILES string of the molecule is Cn1nc(N)c2cccc(-c3cc4sc(NCC(C)(C)O)nc4nc3[C@H](Cc3cc(F)cc(F)c3)NC(=O)Cn3nc(C(F)F)c4c3C(F)(F)[C@@H]3C[C@H]43)c21. The Balaban J connectivity index is 1.26. The van der Waals surface area contributed by atoms with Crippen molar-refractivity contribution in [2.75, 3.05) is 17.6 Å². The van der Waals surface area contributed by atoms with Gasteiger partial charge in [0.1, 0.15) is 29.6 Å². The van der Waals surface area contributed by atoms with E-state index in [1.54, 1.807) is 49.8 Å². The third-order valence-electron chi connectivity index (χ3n) is 9.76. The summed E-state index contributed by atoms with van der Waals surface area (Å²) in [5.74, 6) is -7.72. The van der Waals surface area contributed by atoms with E-state index in [4.69, 9.17) is 10.7 Å². The monoisotopic (exact) mass is 769 g/mol. The maximum Gasteiger partial charge on any atom is 0.293 e. The number of fused-ring (bicyclic) bond motifs is 5. The number of halogens is 6. The van der Waals surface area contributed by atoms with Crippen molar-refractivity contribution in [3.8, 4) is 11.1 Å². The van der Waals surface area contributed by atoms with Crippen LogP contribution in [0, 0.1) is 17.6 Å². The van der Waals surface area contributed by atoms with E-state index in [2.05, 4.69) is 25.8 Å². The lowest BCUT2D eigenvalue weighted by Crippen LogP contribution is -2.35. The van der Waals surface area contributed by atoms with Gasteiger partial charge >= 0.3 is 0 Å². The number of carbonyl (C=O) groups is 1. The van der Waals surface area contributed by atoms with Crippen molar-refractivity contribution in [3.63, 3.8) is 0 Å². The molecule has 0 spiro atoms. The van der Waals surface area contributed by atoms with Crippen molar-refractivity contribution in [1.82, 2.24) is 34.8 Å². The molecule has 11 nitrogen and oxygen atoms in total. The van der Waals surface area contributed by atoms with Gasteiger partial charge in [-0.15, -0.1) is 0 Å². The standard InChI is InChI=1S/C36H33F6N9O2S/c1-35(2,53)14-44-34-47-33-24(54-34)12-20(18-5-4-6-19-29(18)50(3)49-32(19)43)27(46-33)23(9-15-7-16(37)10-17(38)8-15)45-25(52)13-51-30-26(28(48-51)31(39)40)21-11-22(21)36(30,41)42/h4-8,10,12,21-23,31,53H,9,11,13-14H2,1-3H3,(H2,43,49)(H,45,52)(H,44,46,47)/t21-,22+,23-/m0/s1. The third-order valence-corrected chi connectivity index (χ3v) is 10.7. The maximum absolute atomic E-state index is 15.4. The largest absolute Gasteiger partial charge is 0.389 e. The van der Waals surface area contributed by atoms with Gasteiger partial charge in [0.15, 0.2) is 16.6 Å². The fraction of sp³-hybridized carbons (Fsp3) is 0.361. The van der Waals surface area contributed by atoms with Gasteiger partial charge in [0.25, 0.3) is 12.3 Å². The van der Waals surface area contributed by atoms with Crippen molar-refractivity contribution in [2.45, 2.75) is 63.1 Å². The third kappa shape index (κ3) is 6.29. The molecule has 3 atom stereocenters. The number of hydrogen-bond donors (Lipinski definition) is 4. The van der Waals surface area contributed by atoms with E-state index >= 15 is 8.78 Å². The van der Waals surface area contributed by atoms with Crippen molar-refractivity contribution >= 4 is 49.4 Å². The highest BCUT2D eigenvalue weighted by atomic mass is 32.1. The fourth-order valence-electron chi connectivity index (χ4n) is 7.44. The van der Waals surface area contributed by atoms with Crippen LogP contribution in [0.25, 0.3) is 32.4 Å². The molecule has 1 amide bonds. The number of nitrogens with one attached hydrogen (secondary N) is 2. The summed E-state index contributed by atoms with van der Waals surface area (Å²) in [5.41, 5.74) is 5.68. The normalized spacial score (nSPS) is 18.0. The number of nitrogens with zero attached hydrogens (tertiary/aromatic N) is 6. The van der Waals surface area contributed by atoms with Crippen LogP contribution in [0.15, 0.2) is 42.5 Å². The Morgan fingerprint density at radius 1 is 1.09 bits per heavy atom. The molecule has 0 radical (unpaired) electrons. The number of amides is 1. The predicted molar refractivity (Wildman–Crippen MR) is 189 cm³/mol. The Kier molecular flexibility index (Phi) is 8.40. The molecule has 5 N–H and O–H groups in total. The number of pyridine rings is 1. The lowest BCUT2D eigenvalue weighted by molar-refractivity contribution is -0.123. The van der Waals surface area contributed by atoms with E-state index in [-0.39, 0.29) is 47.7 Å².